The summed E-state index contributed by atoms with van der Waals surface area (Å²) in [5.74, 6) is -0.579. The van der Waals surface area contributed by atoms with Gasteiger partial charge in [-0.25, -0.2) is 9.78 Å². The first kappa shape index (κ1) is 19.0. The molecule has 0 spiro atoms. The van der Waals surface area contributed by atoms with Crippen molar-refractivity contribution in [1.29, 1.82) is 0 Å². The quantitative estimate of drug-likeness (QED) is 0.436. The fraction of sp³-hybridized carbons (Fsp3) is 0.227. The standard InChI is InChI=1S/C22H19F2N3O2/c1-3-15-13(2)20(14-8-4-5-9-16(14)25-15)21(28)29-12-19-26-17-10-6-7-11-18(17)27(19)22(23)24/h4-11,22H,3,12H2,1-2H3. The fourth-order valence-corrected chi connectivity index (χ4v) is 3.58. The third-order valence-electron chi connectivity index (χ3n) is 4.97. The van der Waals surface area contributed by atoms with E-state index in [4.69, 9.17) is 4.74 Å². The van der Waals surface area contributed by atoms with Crippen LogP contribution in [0.1, 0.15) is 40.9 Å². The van der Waals surface area contributed by atoms with Crippen molar-refractivity contribution in [1.82, 2.24) is 14.5 Å². The summed E-state index contributed by atoms with van der Waals surface area (Å²) in [4.78, 5) is 21.8. The van der Waals surface area contributed by atoms with Gasteiger partial charge in [0.1, 0.15) is 6.61 Å². The SMILES string of the molecule is CCc1nc2ccccc2c(C(=O)OCc2nc3ccccc3n2C(F)F)c1C. The third kappa shape index (κ3) is 3.33. The molecule has 0 N–H and O–H groups in total. The number of aromatic nitrogens is 3. The number of pyridine rings is 1. The van der Waals surface area contributed by atoms with Crippen LogP contribution in [0.3, 0.4) is 0 Å². The molecule has 2 aromatic heterocycles. The molecule has 0 atom stereocenters. The van der Waals surface area contributed by atoms with Crippen LogP contribution in [-0.4, -0.2) is 20.5 Å². The van der Waals surface area contributed by atoms with Crippen LogP contribution in [0, 0.1) is 6.92 Å². The Bertz CT molecular complexity index is 1220. The highest BCUT2D eigenvalue weighted by atomic mass is 19.3. The van der Waals surface area contributed by atoms with Gasteiger partial charge in [0, 0.05) is 11.1 Å². The highest BCUT2D eigenvalue weighted by Gasteiger charge is 2.22. The van der Waals surface area contributed by atoms with E-state index in [0.717, 1.165) is 15.8 Å². The molecule has 0 aliphatic carbocycles. The molecule has 0 saturated heterocycles. The van der Waals surface area contributed by atoms with E-state index in [9.17, 15) is 13.6 Å². The number of aryl methyl sites for hydroxylation is 1. The number of ether oxygens (including phenoxy) is 1. The van der Waals surface area contributed by atoms with Crippen molar-refractivity contribution in [3.63, 3.8) is 0 Å². The monoisotopic (exact) mass is 395 g/mol. The number of carbonyl (C=O) groups excluding carboxylic acids is 1. The fourth-order valence-electron chi connectivity index (χ4n) is 3.58. The predicted molar refractivity (Wildman–Crippen MR) is 106 cm³/mol. The van der Waals surface area contributed by atoms with Gasteiger partial charge in [-0.2, -0.15) is 8.78 Å². The van der Waals surface area contributed by atoms with E-state index in [1.807, 2.05) is 32.0 Å². The van der Waals surface area contributed by atoms with Crippen LogP contribution in [0.25, 0.3) is 21.9 Å². The lowest BCUT2D eigenvalue weighted by Gasteiger charge is -2.13. The summed E-state index contributed by atoms with van der Waals surface area (Å²) in [6, 6.07) is 13.9. The van der Waals surface area contributed by atoms with E-state index in [2.05, 4.69) is 9.97 Å². The number of hydrogen-bond acceptors (Lipinski definition) is 4. The molecule has 0 aliphatic heterocycles. The Hall–Kier alpha value is -3.35. The summed E-state index contributed by atoms with van der Waals surface area (Å²) in [7, 11) is 0. The van der Waals surface area contributed by atoms with Crippen molar-refractivity contribution in [2.45, 2.75) is 33.4 Å². The summed E-state index contributed by atoms with van der Waals surface area (Å²) < 4.78 is 33.4. The summed E-state index contributed by atoms with van der Waals surface area (Å²) in [6.45, 7) is 0.648. The lowest BCUT2D eigenvalue weighted by atomic mass is 10.0. The Morgan fingerprint density at radius 1 is 1.07 bits per heavy atom. The van der Waals surface area contributed by atoms with Crippen molar-refractivity contribution in [2.24, 2.45) is 0 Å². The van der Waals surface area contributed by atoms with E-state index in [0.29, 0.717) is 33.9 Å². The van der Waals surface area contributed by atoms with Gasteiger partial charge in [-0.15, -0.1) is 0 Å². The molecule has 148 valence electrons. The first-order chi connectivity index (χ1) is 14.0. The summed E-state index contributed by atoms with van der Waals surface area (Å²) in [5.41, 5.74) is 3.37. The van der Waals surface area contributed by atoms with Gasteiger partial charge in [0.2, 0.25) is 0 Å². The van der Waals surface area contributed by atoms with Gasteiger partial charge < -0.3 is 4.74 Å². The Morgan fingerprint density at radius 2 is 1.76 bits per heavy atom. The summed E-state index contributed by atoms with van der Waals surface area (Å²) >= 11 is 0. The molecular formula is C22H19F2N3O2. The number of rotatable bonds is 5. The lowest BCUT2D eigenvalue weighted by Crippen LogP contribution is -2.13. The van der Waals surface area contributed by atoms with Crippen molar-refractivity contribution in [2.75, 3.05) is 0 Å². The van der Waals surface area contributed by atoms with Crippen molar-refractivity contribution in [3.8, 4) is 0 Å². The number of imidazole rings is 1. The zero-order valence-electron chi connectivity index (χ0n) is 16.0. The van der Waals surface area contributed by atoms with Crippen LogP contribution in [0.15, 0.2) is 48.5 Å². The van der Waals surface area contributed by atoms with E-state index in [1.54, 1.807) is 30.3 Å². The Morgan fingerprint density at radius 3 is 2.48 bits per heavy atom. The Balaban J connectivity index is 1.71. The van der Waals surface area contributed by atoms with Gasteiger partial charge in [0.25, 0.3) is 0 Å². The van der Waals surface area contributed by atoms with Crippen LogP contribution in [0.4, 0.5) is 8.78 Å². The third-order valence-corrected chi connectivity index (χ3v) is 4.97. The number of benzene rings is 2. The number of halogens is 2. The highest BCUT2D eigenvalue weighted by molar-refractivity contribution is 6.05. The summed E-state index contributed by atoms with van der Waals surface area (Å²) in [5, 5.41) is 0.676. The van der Waals surface area contributed by atoms with Gasteiger partial charge in [-0.3, -0.25) is 9.55 Å². The first-order valence-electron chi connectivity index (χ1n) is 9.30. The van der Waals surface area contributed by atoms with Crippen LogP contribution < -0.4 is 0 Å². The van der Waals surface area contributed by atoms with Gasteiger partial charge in [-0.1, -0.05) is 37.3 Å². The van der Waals surface area contributed by atoms with Gasteiger partial charge in [-0.05, 0) is 37.1 Å². The molecule has 2 aromatic carbocycles. The minimum Gasteiger partial charge on any atom is -0.454 e. The lowest BCUT2D eigenvalue weighted by molar-refractivity contribution is 0.0388. The van der Waals surface area contributed by atoms with Crippen LogP contribution in [0.2, 0.25) is 0 Å². The molecule has 29 heavy (non-hydrogen) atoms. The van der Waals surface area contributed by atoms with Crippen LogP contribution >= 0.6 is 0 Å². The molecule has 0 radical (unpaired) electrons. The normalized spacial score (nSPS) is 11.5. The number of nitrogens with zero attached hydrogens (tertiary/aromatic N) is 3. The molecule has 0 fully saturated rings. The molecule has 7 heteroatoms. The van der Waals surface area contributed by atoms with Gasteiger partial charge in [0.05, 0.1) is 22.1 Å². The van der Waals surface area contributed by atoms with E-state index in [-0.39, 0.29) is 12.4 Å². The largest absolute Gasteiger partial charge is 0.454 e. The number of fused-ring (bicyclic) bond motifs is 2. The summed E-state index contributed by atoms with van der Waals surface area (Å²) in [6.07, 6.45) is 0.665. The zero-order valence-corrected chi connectivity index (χ0v) is 16.0. The van der Waals surface area contributed by atoms with E-state index < -0.39 is 12.5 Å². The van der Waals surface area contributed by atoms with Crippen molar-refractivity contribution in [3.05, 3.63) is 71.2 Å². The maximum atomic E-state index is 13.6. The van der Waals surface area contributed by atoms with Crippen LogP contribution in [-0.2, 0) is 17.8 Å². The minimum atomic E-state index is -2.79. The molecule has 0 aliphatic rings. The number of carbonyl (C=O) groups is 1. The Kier molecular flexibility index (Phi) is 4.96. The van der Waals surface area contributed by atoms with Gasteiger partial charge in [0.15, 0.2) is 5.82 Å². The maximum absolute atomic E-state index is 13.6. The maximum Gasteiger partial charge on any atom is 0.339 e. The average Bonchev–Trinajstić information content (AvgIpc) is 3.10. The first-order valence-corrected chi connectivity index (χ1v) is 9.30. The molecule has 4 aromatic rings. The van der Waals surface area contributed by atoms with Crippen molar-refractivity contribution >= 4 is 27.9 Å². The minimum absolute atomic E-state index is 0.00118. The molecule has 4 rings (SSSR count). The van der Waals surface area contributed by atoms with E-state index >= 15 is 0 Å². The Labute approximate surface area is 166 Å². The second-order valence-electron chi connectivity index (χ2n) is 6.67. The molecule has 0 bridgehead atoms. The molecule has 0 saturated carbocycles. The highest BCUT2D eigenvalue weighted by Crippen LogP contribution is 2.26. The molecular weight excluding hydrogens is 376 g/mol. The van der Waals surface area contributed by atoms with Gasteiger partial charge >= 0.3 is 12.5 Å². The number of hydrogen-bond donors (Lipinski definition) is 0. The predicted octanol–water partition coefficient (Wildman–Crippen LogP) is 5.21. The number of para-hydroxylation sites is 3. The molecule has 0 unspecified atom stereocenters. The molecule has 2 heterocycles. The topological polar surface area (TPSA) is 57.0 Å². The van der Waals surface area contributed by atoms with E-state index in [1.165, 1.54) is 0 Å². The molecule has 5 nitrogen and oxygen atoms in total. The average molecular weight is 395 g/mol. The molecule has 0 amide bonds. The second-order valence-corrected chi connectivity index (χ2v) is 6.67. The van der Waals surface area contributed by atoms with Crippen molar-refractivity contribution < 1.29 is 18.3 Å². The van der Waals surface area contributed by atoms with Crippen LogP contribution in [0.5, 0.6) is 0 Å². The number of esters is 1. The number of alkyl halides is 2. The smallest absolute Gasteiger partial charge is 0.339 e. The zero-order chi connectivity index (χ0) is 20.5. The second kappa shape index (κ2) is 7.58.